The molecular formula is C24H33F3N4O2. The van der Waals surface area contributed by atoms with E-state index in [0.717, 1.165) is 30.2 Å². The van der Waals surface area contributed by atoms with Crippen LogP contribution in [0.3, 0.4) is 0 Å². The standard InChI is InChI=1S/C24H33F3N4O2/c1-4-22-15(11-30-31(22)6-5-23(29)32)7-13(2)14(3)16-8-21(28)24(33-12-16)17-9-19(26)20(27)10-18(17)25/h9-11,13-14,16,21,24H,4-8,12,28H2,1-3H3,(H2,29,32). The largest absolute Gasteiger partial charge is 0.371 e. The second kappa shape index (κ2) is 10.7. The van der Waals surface area contributed by atoms with Crippen molar-refractivity contribution in [3.8, 4) is 0 Å². The molecule has 5 atom stereocenters. The number of carbonyl (C=O) groups is 1. The molecule has 0 spiro atoms. The van der Waals surface area contributed by atoms with Crippen LogP contribution in [0, 0.1) is 35.2 Å². The molecule has 182 valence electrons. The van der Waals surface area contributed by atoms with E-state index in [9.17, 15) is 18.0 Å². The lowest BCUT2D eigenvalue weighted by molar-refractivity contribution is -0.118. The van der Waals surface area contributed by atoms with Crippen LogP contribution in [-0.4, -0.2) is 28.3 Å². The highest BCUT2D eigenvalue weighted by molar-refractivity contribution is 5.73. The monoisotopic (exact) mass is 466 g/mol. The average Bonchev–Trinajstić information content (AvgIpc) is 3.15. The number of aryl methyl sites for hydroxylation is 1. The summed E-state index contributed by atoms with van der Waals surface area (Å²) in [5.74, 6) is -2.86. The highest BCUT2D eigenvalue weighted by Crippen LogP contribution is 2.37. The third kappa shape index (κ3) is 5.76. The van der Waals surface area contributed by atoms with E-state index in [1.54, 1.807) is 0 Å². The first-order valence-corrected chi connectivity index (χ1v) is 11.5. The Kier molecular flexibility index (Phi) is 8.18. The topological polar surface area (TPSA) is 96.2 Å². The number of carbonyl (C=O) groups excluding carboxylic acids is 1. The lowest BCUT2D eigenvalue weighted by Crippen LogP contribution is -2.42. The fourth-order valence-electron chi connectivity index (χ4n) is 4.77. The maximum Gasteiger partial charge on any atom is 0.219 e. The highest BCUT2D eigenvalue weighted by atomic mass is 19.2. The maximum atomic E-state index is 14.2. The summed E-state index contributed by atoms with van der Waals surface area (Å²) in [7, 11) is 0. The van der Waals surface area contributed by atoms with Gasteiger partial charge in [-0.3, -0.25) is 9.48 Å². The summed E-state index contributed by atoms with van der Waals surface area (Å²) in [6, 6.07) is 0.844. The van der Waals surface area contributed by atoms with E-state index in [1.165, 1.54) is 0 Å². The third-order valence-corrected chi connectivity index (χ3v) is 6.92. The van der Waals surface area contributed by atoms with E-state index in [0.29, 0.717) is 31.6 Å². The fraction of sp³-hybridized carbons (Fsp3) is 0.583. The molecule has 0 aliphatic carbocycles. The van der Waals surface area contributed by atoms with Crippen LogP contribution in [0.15, 0.2) is 18.3 Å². The van der Waals surface area contributed by atoms with Crippen LogP contribution in [0.2, 0.25) is 0 Å². The minimum absolute atomic E-state index is 0.0449. The van der Waals surface area contributed by atoms with Gasteiger partial charge in [0.25, 0.3) is 0 Å². The zero-order valence-corrected chi connectivity index (χ0v) is 19.4. The molecule has 1 fully saturated rings. The van der Waals surface area contributed by atoms with Crippen molar-refractivity contribution in [2.24, 2.45) is 29.2 Å². The number of hydrogen-bond acceptors (Lipinski definition) is 4. The van der Waals surface area contributed by atoms with Gasteiger partial charge in [-0.2, -0.15) is 5.10 Å². The summed E-state index contributed by atoms with van der Waals surface area (Å²) >= 11 is 0. The number of rotatable bonds is 9. The van der Waals surface area contributed by atoms with E-state index in [-0.39, 0.29) is 29.7 Å². The van der Waals surface area contributed by atoms with E-state index in [2.05, 4.69) is 25.9 Å². The number of nitrogens with two attached hydrogens (primary N) is 2. The lowest BCUT2D eigenvalue weighted by atomic mass is 9.76. The van der Waals surface area contributed by atoms with Gasteiger partial charge in [0.15, 0.2) is 11.6 Å². The van der Waals surface area contributed by atoms with Crippen molar-refractivity contribution in [1.29, 1.82) is 0 Å². The smallest absolute Gasteiger partial charge is 0.219 e. The maximum absolute atomic E-state index is 14.2. The Balaban J connectivity index is 1.64. The zero-order valence-electron chi connectivity index (χ0n) is 19.4. The van der Waals surface area contributed by atoms with Crippen molar-refractivity contribution in [3.63, 3.8) is 0 Å². The predicted molar refractivity (Wildman–Crippen MR) is 119 cm³/mol. The van der Waals surface area contributed by atoms with Crippen molar-refractivity contribution in [2.75, 3.05) is 6.61 Å². The summed E-state index contributed by atoms with van der Waals surface area (Å²) in [5.41, 5.74) is 13.8. The number of benzene rings is 1. The second-order valence-corrected chi connectivity index (χ2v) is 9.15. The van der Waals surface area contributed by atoms with Crippen LogP contribution in [-0.2, 0) is 28.9 Å². The average molecular weight is 467 g/mol. The molecule has 5 unspecified atom stereocenters. The molecule has 6 nitrogen and oxygen atoms in total. The van der Waals surface area contributed by atoms with E-state index in [4.69, 9.17) is 16.2 Å². The Morgan fingerprint density at radius 1 is 1.24 bits per heavy atom. The quantitative estimate of drug-likeness (QED) is 0.552. The Labute approximate surface area is 192 Å². The number of primary amides is 1. The van der Waals surface area contributed by atoms with Gasteiger partial charge in [-0.05, 0) is 48.6 Å². The second-order valence-electron chi connectivity index (χ2n) is 9.15. The van der Waals surface area contributed by atoms with E-state index < -0.39 is 29.6 Å². The molecule has 0 saturated carbocycles. The first-order valence-electron chi connectivity index (χ1n) is 11.5. The number of halogens is 3. The first-order chi connectivity index (χ1) is 15.6. The molecule has 3 rings (SSSR count). The molecule has 2 aromatic rings. The van der Waals surface area contributed by atoms with Crippen molar-refractivity contribution in [2.45, 2.75) is 65.1 Å². The van der Waals surface area contributed by atoms with Crippen LogP contribution in [0.25, 0.3) is 0 Å². The van der Waals surface area contributed by atoms with Crippen molar-refractivity contribution in [3.05, 3.63) is 52.6 Å². The predicted octanol–water partition coefficient (Wildman–Crippen LogP) is 3.66. The lowest BCUT2D eigenvalue weighted by Gasteiger charge is -2.39. The molecule has 1 aliphatic heterocycles. The Hall–Kier alpha value is -2.39. The normalized spacial score (nSPS) is 22.8. The van der Waals surface area contributed by atoms with Crippen LogP contribution in [0.5, 0.6) is 0 Å². The number of nitrogens with zero attached hydrogens (tertiary/aromatic N) is 2. The third-order valence-electron chi connectivity index (χ3n) is 6.92. The summed E-state index contributed by atoms with van der Waals surface area (Å²) in [6.45, 7) is 7.20. The molecule has 33 heavy (non-hydrogen) atoms. The number of hydrogen-bond donors (Lipinski definition) is 2. The van der Waals surface area contributed by atoms with Gasteiger partial charge < -0.3 is 16.2 Å². The van der Waals surface area contributed by atoms with Gasteiger partial charge in [0.05, 0.1) is 12.8 Å². The minimum Gasteiger partial charge on any atom is -0.371 e. The van der Waals surface area contributed by atoms with Crippen molar-refractivity contribution < 1.29 is 22.7 Å². The highest BCUT2D eigenvalue weighted by Gasteiger charge is 2.36. The molecule has 0 bridgehead atoms. The van der Waals surface area contributed by atoms with Crippen LogP contribution >= 0.6 is 0 Å². The Morgan fingerprint density at radius 3 is 2.58 bits per heavy atom. The Morgan fingerprint density at radius 2 is 1.94 bits per heavy atom. The number of amides is 1. The van der Waals surface area contributed by atoms with E-state index in [1.807, 2.05) is 10.9 Å². The van der Waals surface area contributed by atoms with Gasteiger partial charge in [-0.25, -0.2) is 13.2 Å². The van der Waals surface area contributed by atoms with Crippen molar-refractivity contribution in [1.82, 2.24) is 9.78 Å². The minimum atomic E-state index is -1.23. The SMILES string of the molecule is CCc1c(CC(C)C(C)C2COC(c3cc(F)c(F)cc3F)C(N)C2)cnn1CCC(N)=O. The van der Waals surface area contributed by atoms with Gasteiger partial charge in [0.1, 0.15) is 11.9 Å². The van der Waals surface area contributed by atoms with Gasteiger partial charge in [-0.15, -0.1) is 0 Å². The van der Waals surface area contributed by atoms with E-state index >= 15 is 0 Å². The van der Waals surface area contributed by atoms with Crippen molar-refractivity contribution >= 4 is 5.91 Å². The summed E-state index contributed by atoms with van der Waals surface area (Å²) < 4.78 is 48.9. The molecule has 1 aliphatic rings. The molecule has 1 aromatic carbocycles. The summed E-state index contributed by atoms with van der Waals surface area (Å²) in [6.07, 6.45) is 3.49. The molecular weight excluding hydrogens is 433 g/mol. The first kappa shape index (κ1) is 25.2. The fourth-order valence-corrected chi connectivity index (χ4v) is 4.77. The number of aromatic nitrogens is 2. The summed E-state index contributed by atoms with van der Waals surface area (Å²) in [4.78, 5) is 11.1. The molecule has 0 radical (unpaired) electrons. The molecule has 1 amide bonds. The zero-order chi connectivity index (χ0) is 24.3. The van der Waals surface area contributed by atoms with Gasteiger partial charge >= 0.3 is 0 Å². The molecule has 2 heterocycles. The molecule has 1 aromatic heterocycles. The summed E-state index contributed by atoms with van der Waals surface area (Å²) in [5, 5.41) is 4.43. The van der Waals surface area contributed by atoms with Gasteiger partial charge in [0, 0.05) is 36.3 Å². The number of ether oxygens (including phenoxy) is 1. The van der Waals surface area contributed by atoms with Crippen LogP contribution in [0.4, 0.5) is 13.2 Å². The van der Waals surface area contributed by atoms with Gasteiger partial charge in [-0.1, -0.05) is 20.8 Å². The molecule has 4 N–H and O–H groups in total. The molecule has 9 heteroatoms. The van der Waals surface area contributed by atoms with Gasteiger partial charge in [0.2, 0.25) is 5.91 Å². The Bertz CT molecular complexity index is 981. The molecule has 1 saturated heterocycles. The van der Waals surface area contributed by atoms with Crippen LogP contribution in [0.1, 0.15) is 56.5 Å². The van der Waals surface area contributed by atoms with Crippen LogP contribution < -0.4 is 11.5 Å².